The summed E-state index contributed by atoms with van der Waals surface area (Å²) >= 11 is 0. The molecule has 18 heavy (non-hydrogen) atoms. The Labute approximate surface area is 105 Å². The fourth-order valence-electron chi connectivity index (χ4n) is 1.45. The minimum Gasteiger partial charge on any atom is -0.465 e. The highest BCUT2D eigenvalue weighted by atomic mass is 16.6. The Bertz CT molecular complexity index is 434. The van der Waals surface area contributed by atoms with Crippen molar-refractivity contribution in [3.63, 3.8) is 0 Å². The fraction of sp³-hybridized carbons (Fsp3) is 0.417. The highest BCUT2D eigenvalue weighted by Crippen LogP contribution is 2.17. The maximum Gasteiger partial charge on any atom is 0.322 e. The molecule has 1 aromatic carbocycles. The predicted molar refractivity (Wildman–Crippen MR) is 66.0 cm³/mol. The van der Waals surface area contributed by atoms with Crippen LogP contribution in [0.1, 0.15) is 19.4 Å². The lowest BCUT2D eigenvalue weighted by Gasteiger charge is -2.12. The summed E-state index contributed by atoms with van der Waals surface area (Å²) < 4.78 is 4.83. The summed E-state index contributed by atoms with van der Waals surface area (Å²) in [6, 6.07) is 5.93. The average Bonchev–Trinajstić information content (AvgIpc) is 2.36. The molecule has 0 aliphatic rings. The molecular formula is C12H16N2O4. The van der Waals surface area contributed by atoms with Gasteiger partial charge in [-0.05, 0) is 13.8 Å². The average molecular weight is 252 g/mol. The molecule has 0 aliphatic heterocycles. The lowest BCUT2D eigenvalue weighted by Crippen LogP contribution is -2.35. The molecule has 0 bridgehead atoms. The van der Waals surface area contributed by atoms with Gasteiger partial charge in [-0.3, -0.25) is 14.9 Å². The molecule has 1 atom stereocenters. The maximum absolute atomic E-state index is 11.4. The lowest BCUT2D eigenvalue weighted by atomic mass is 10.1. The van der Waals surface area contributed by atoms with E-state index < -0.39 is 11.0 Å². The van der Waals surface area contributed by atoms with Gasteiger partial charge in [0.2, 0.25) is 0 Å². The van der Waals surface area contributed by atoms with Crippen LogP contribution in [0, 0.1) is 10.1 Å². The van der Waals surface area contributed by atoms with E-state index >= 15 is 0 Å². The van der Waals surface area contributed by atoms with Crippen molar-refractivity contribution in [1.82, 2.24) is 5.32 Å². The van der Waals surface area contributed by atoms with Crippen LogP contribution in [-0.2, 0) is 16.1 Å². The van der Waals surface area contributed by atoms with Crippen molar-refractivity contribution in [1.29, 1.82) is 0 Å². The molecule has 0 fully saturated rings. The maximum atomic E-state index is 11.4. The van der Waals surface area contributed by atoms with Gasteiger partial charge in [-0.1, -0.05) is 18.2 Å². The number of carbonyl (C=O) groups excluding carboxylic acids is 1. The number of esters is 1. The Balaban J connectivity index is 2.63. The highest BCUT2D eigenvalue weighted by Gasteiger charge is 2.16. The predicted octanol–water partition coefficient (Wildman–Crippen LogP) is 1.64. The Kier molecular flexibility index (Phi) is 5.26. The Morgan fingerprint density at radius 1 is 1.50 bits per heavy atom. The van der Waals surface area contributed by atoms with E-state index in [1.54, 1.807) is 32.0 Å². The van der Waals surface area contributed by atoms with Gasteiger partial charge in [-0.15, -0.1) is 0 Å². The molecule has 0 heterocycles. The van der Waals surface area contributed by atoms with E-state index in [0.29, 0.717) is 12.2 Å². The van der Waals surface area contributed by atoms with Gasteiger partial charge in [0.25, 0.3) is 5.69 Å². The first kappa shape index (κ1) is 14.1. The molecule has 1 aromatic rings. The molecule has 1 unspecified atom stereocenters. The monoisotopic (exact) mass is 252 g/mol. The minimum atomic E-state index is -0.496. The molecule has 0 saturated carbocycles. The van der Waals surface area contributed by atoms with E-state index in [4.69, 9.17) is 4.74 Å². The third-order valence-electron chi connectivity index (χ3n) is 2.43. The quantitative estimate of drug-likeness (QED) is 0.473. The molecule has 0 aromatic heterocycles. The van der Waals surface area contributed by atoms with Crippen molar-refractivity contribution >= 4 is 11.7 Å². The van der Waals surface area contributed by atoms with E-state index in [2.05, 4.69) is 5.32 Å². The van der Waals surface area contributed by atoms with Gasteiger partial charge in [0.05, 0.1) is 11.5 Å². The topological polar surface area (TPSA) is 81.5 Å². The Hall–Kier alpha value is -1.95. The van der Waals surface area contributed by atoms with E-state index in [0.717, 1.165) is 0 Å². The number of nitro benzene ring substituents is 1. The molecule has 1 rings (SSSR count). The number of carbonyl (C=O) groups is 1. The van der Waals surface area contributed by atoms with Gasteiger partial charge in [-0.25, -0.2) is 0 Å². The van der Waals surface area contributed by atoms with Crippen LogP contribution in [-0.4, -0.2) is 23.5 Å². The summed E-state index contributed by atoms with van der Waals surface area (Å²) in [7, 11) is 0. The van der Waals surface area contributed by atoms with Crippen LogP contribution in [0.5, 0.6) is 0 Å². The molecule has 0 saturated heterocycles. The SMILES string of the molecule is CCOC(=O)C(C)NCc1ccccc1[N+](=O)[O-]. The first-order valence-electron chi connectivity index (χ1n) is 5.68. The Morgan fingerprint density at radius 2 is 2.17 bits per heavy atom. The van der Waals surface area contributed by atoms with Crippen molar-refractivity contribution in [2.24, 2.45) is 0 Å². The van der Waals surface area contributed by atoms with Gasteiger partial charge in [0, 0.05) is 18.2 Å². The number of hydrogen-bond donors (Lipinski definition) is 1. The van der Waals surface area contributed by atoms with Crippen molar-refractivity contribution in [3.8, 4) is 0 Å². The minimum absolute atomic E-state index is 0.0426. The van der Waals surface area contributed by atoms with Crippen LogP contribution in [0.25, 0.3) is 0 Å². The van der Waals surface area contributed by atoms with Gasteiger partial charge in [0.15, 0.2) is 0 Å². The third kappa shape index (κ3) is 3.81. The number of hydrogen-bond acceptors (Lipinski definition) is 5. The summed E-state index contributed by atoms with van der Waals surface area (Å²) in [6.45, 7) is 3.95. The molecule has 98 valence electrons. The van der Waals surface area contributed by atoms with Crippen LogP contribution in [0.15, 0.2) is 24.3 Å². The number of rotatable bonds is 6. The largest absolute Gasteiger partial charge is 0.465 e. The van der Waals surface area contributed by atoms with Gasteiger partial charge in [0.1, 0.15) is 6.04 Å². The van der Waals surface area contributed by atoms with Crippen molar-refractivity contribution < 1.29 is 14.5 Å². The van der Waals surface area contributed by atoms with Crippen molar-refractivity contribution in [2.45, 2.75) is 26.4 Å². The van der Waals surface area contributed by atoms with Crippen molar-refractivity contribution in [3.05, 3.63) is 39.9 Å². The van der Waals surface area contributed by atoms with Crippen LogP contribution in [0.3, 0.4) is 0 Å². The number of ether oxygens (including phenoxy) is 1. The first-order valence-corrected chi connectivity index (χ1v) is 5.68. The van der Waals surface area contributed by atoms with Crippen LogP contribution in [0.4, 0.5) is 5.69 Å². The van der Waals surface area contributed by atoms with E-state index in [9.17, 15) is 14.9 Å². The molecule has 6 nitrogen and oxygen atoms in total. The highest BCUT2D eigenvalue weighted by molar-refractivity contribution is 5.75. The standard InChI is InChI=1S/C12H16N2O4/c1-3-18-12(15)9(2)13-8-10-6-4-5-7-11(10)14(16)17/h4-7,9,13H,3,8H2,1-2H3. The second-order valence-corrected chi connectivity index (χ2v) is 3.74. The van der Waals surface area contributed by atoms with E-state index in [1.165, 1.54) is 6.07 Å². The molecule has 6 heteroatoms. The molecule has 0 radical (unpaired) electrons. The smallest absolute Gasteiger partial charge is 0.322 e. The zero-order valence-electron chi connectivity index (χ0n) is 10.4. The molecule has 0 spiro atoms. The fourth-order valence-corrected chi connectivity index (χ4v) is 1.45. The zero-order chi connectivity index (χ0) is 13.5. The first-order chi connectivity index (χ1) is 8.56. The number of para-hydroxylation sites is 1. The number of nitrogens with one attached hydrogen (secondary N) is 1. The van der Waals surface area contributed by atoms with Crippen LogP contribution < -0.4 is 5.32 Å². The number of benzene rings is 1. The second-order valence-electron chi connectivity index (χ2n) is 3.74. The summed E-state index contributed by atoms with van der Waals surface area (Å²) in [6.07, 6.45) is 0. The van der Waals surface area contributed by atoms with Crippen LogP contribution >= 0.6 is 0 Å². The lowest BCUT2D eigenvalue weighted by molar-refractivity contribution is -0.385. The van der Waals surface area contributed by atoms with Gasteiger partial charge in [-0.2, -0.15) is 0 Å². The summed E-state index contributed by atoms with van der Waals surface area (Å²) in [4.78, 5) is 21.7. The normalized spacial score (nSPS) is 11.9. The third-order valence-corrected chi connectivity index (χ3v) is 2.43. The Morgan fingerprint density at radius 3 is 2.78 bits per heavy atom. The molecular weight excluding hydrogens is 236 g/mol. The van der Waals surface area contributed by atoms with E-state index in [-0.39, 0.29) is 18.2 Å². The van der Waals surface area contributed by atoms with Crippen molar-refractivity contribution in [2.75, 3.05) is 6.61 Å². The molecule has 0 amide bonds. The summed E-state index contributed by atoms with van der Waals surface area (Å²) in [5, 5.41) is 13.7. The molecule has 0 aliphatic carbocycles. The number of nitrogens with zero attached hydrogens (tertiary/aromatic N) is 1. The van der Waals surface area contributed by atoms with Gasteiger partial charge < -0.3 is 10.1 Å². The molecule has 1 N–H and O–H groups in total. The van der Waals surface area contributed by atoms with E-state index in [1.807, 2.05) is 0 Å². The summed E-state index contributed by atoms with van der Waals surface area (Å²) in [5.74, 6) is -0.365. The number of nitro groups is 1. The zero-order valence-corrected chi connectivity index (χ0v) is 10.4. The second kappa shape index (κ2) is 6.70. The van der Waals surface area contributed by atoms with Gasteiger partial charge >= 0.3 is 5.97 Å². The van der Waals surface area contributed by atoms with Crippen LogP contribution in [0.2, 0.25) is 0 Å². The summed E-state index contributed by atoms with van der Waals surface area (Å²) in [5.41, 5.74) is 0.583.